The number of rotatable bonds is 2. The van der Waals surface area contributed by atoms with Gasteiger partial charge in [0.2, 0.25) is 0 Å². The number of carbonyl (C=O) groups is 2. The van der Waals surface area contributed by atoms with Gasteiger partial charge in [0.1, 0.15) is 11.4 Å². The predicted molar refractivity (Wildman–Crippen MR) is 85.5 cm³/mol. The SMILES string of the molecule is O=C1N[C@]2(CCSC2)C(=O)N1Cc1cc(F)cc2cccnc12. The third-order valence-corrected chi connectivity index (χ3v) is 5.53. The lowest BCUT2D eigenvalue weighted by Crippen LogP contribution is -2.46. The van der Waals surface area contributed by atoms with Gasteiger partial charge in [0.15, 0.2) is 0 Å². The molecule has 1 aromatic carbocycles. The maximum Gasteiger partial charge on any atom is 0.325 e. The van der Waals surface area contributed by atoms with Crippen molar-refractivity contribution < 1.29 is 14.0 Å². The summed E-state index contributed by atoms with van der Waals surface area (Å²) in [5.41, 5.74) is 0.362. The Labute approximate surface area is 136 Å². The maximum absolute atomic E-state index is 13.8. The molecule has 2 aromatic rings. The largest absolute Gasteiger partial charge is 0.325 e. The molecule has 2 fully saturated rings. The topological polar surface area (TPSA) is 62.3 Å². The van der Waals surface area contributed by atoms with E-state index in [0.717, 1.165) is 5.75 Å². The fourth-order valence-corrected chi connectivity index (χ4v) is 4.50. The van der Waals surface area contributed by atoms with Crippen molar-refractivity contribution in [2.45, 2.75) is 18.5 Å². The summed E-state index contributed by atoms with van der Waals surface area (Å²) in [6.07, 6.45) is 2.26. The Morgan fingerprint density at radius 1 is 1.39 bits per heavy atom. The minimum atomic E-state index is -0.779. The number of aromatic nitrogens is 1. The fraction of sp³-hybridized carbons (Fsp3) is 0.312. The van der Waals surface area contributed by atoms with Crippen LogP contribution in [0.4, 0.5) is 9.18 Å². The molecule has 2 aliphatic rings. The number of urea groups is 1. The summed E-state index contributed by atoms with van der Waals surface area (Å²) in [6.45, 7) is 0.0301. The van der Waals surface area contributed by atoms with Gasteiger partial charge in [-0.15, -0.1) is 0 Å². The number of hydrogen-bond donors (Lipinski definition) is 1. The van der Waals surface area contributed by atoms with Gasteiger partial charge in [0, 0.05) is 22.9 Å². The first kappa shape index (κ1) is 14.4. The van der Waals surface area contributed by atoms with Gasteiger partial charge in [-0.25, -0.2) is 9.18 Å². The van der Waals surface area contributed by atoms with Crippen molar-refractivity contribution in [2.75, 3.05) is 11.5 Å². The van der Waals surface area contributed by atoms with E-state index < -0.39 is 17.4 Å². The highest BCUT2D eigenvalue weighted by molar-refractivity contribution is 7.99. The van der Waals surface area contributed by atoms with Gasteiger partial charge in [-0.05, 0) is 30.4 Å². The molecule has 3 heterocycles. The highest BCUT2D eigenvalue weighted by atomic mass is 32.2. The fourth-order valence-electron chi connectivity index (χ4n) is 3.17. The second-order valence-corrected chi connectivity index (χ2v) is 6.95. The van der Waals surface area contributed by atoms with Crippen LogP contribution in [0.5, 0.6) is 0 Å². The predicted octanol–water partition coefficient (Wildman–Crippen LogP) is 2.30. The maximum atomic E-state index is 13.8. The average molecular weight is 331 g/mol. The summed E-state index contributed by atoms with van der Waals surface area (Å²) >= 11 is 1.65. The van der Waals surface area contributed by atoms with Crippen molar-refractivity contribution in [1.82, 2.24) is 15.2 Å². The van der Waals surface area contributed by atoms with Crippen molar-refractivity contribution in [3.8, 4) is 0 Å². The van der Waals surface area contributed by atoms with E-state index in [1.165, 1.54) is 17.0 Å². The first-order valence-corrected chi connectivity index (χ1v) is 8.50. The number of nitrogens with zero attached hydrogens (tertiary/aromatic N) is 2. The van der Waals surface area contributed by atoms with E-state index in [1.54, 1.807) is 30.1 Å². The standard InChI is InChI=1S/C16H14FN3O2S/c17-12-6-10-2-1-4-18-13(10)11(7-12)8-20-14(21)16(19-15(20)22)3-5-23-9-16/h1-2,4,6-7H,3,5,8-9H2,(H,19,22)/t16-/m0/s1. The quantitative estimate of drug-likeness (QED) is 0.858. The van der Waals surface area contributed by atoms with Crippen molar-refractivity contribution in [3.63, 3.8) is 0 Å². The normalized spacial score (nSPS) is 24.0. The van der Waals surface area contributed by atoms with Gasteiger partial charge in [0.25, 0.3) is 5.91 Å². The zero-order valence-electron chi connectivity index (χ0n) is 12.2. The molecule has 7 heteroatoms. The van der Waals surface area contributed by atoms with Crippen LogP contribution in [0.25, 0.3) is 10.9 Å². The van der Waals surface area contributed by atoms with Crippen molar-refractivity contribution in [3.05, 3.63) is 41.8 Å². The van der Waals surface area contributed by atoms with Crippen LogP contribution in [-0.4, -0.2) is 38.9 Å². The molecule has 0 bridgehead atoms. The molecule has 4 rings (SSSR count). The number of hydrogen-bond acceptors (Lipinski definition) is 4. The minimum Gasteiger partial charge on any atom is -0.322 e. The van der Waals surface area contributed by atoms with E-state index >= 15 is 0 Å². The van der Waals surface area contributed by atoms with Crippen molar-refractivity contribution in [1.29, 1.82) is 0 Å². The molecule has 2 saturated heterocycles. The van der Waals surface area contributed by atoms with Gasteiger partial charge in [-0.1, -0.05) is 6.07 Å². The van der Waals surface area contributed by atoms with E-state index in [0.29, 0.717) is 28.6 Å². The molecule has 23 heavy (non-hydrogen) atoms. The van der Waals surface area contributed by atoms with Gasteiger partial charge in [0.05, 0.1) is 12.1 Å². The summed E-state index contributed by atoms with van der Waals surface area (Å²) < 4.78 is 13.8. The van der Waals surface area contributed by atoms with E-state index in [1.807, 2.05) is 0 Å². The Morgan fingerprint density at radius 3 is 3.04 bits per heavy atom. The number of nitrogens with one attached hydrogen (secondary N) is 1. The molecule has 118 valence electrons. The zero-order valence-corrected chi connectivity index (χ0v) is 13.0. The first-order valence-electron chi connectivity index (χ1n) is 7.34. The Bertz CT molecular complexity index is 820. The number of benzene rings is 1. The van der Waals surface area contributed by atoms with E-state index in [2.05, 4.69) is 10.3 Å². The second kappa shape index (κ2) is 5.19. The average Bonchev–Trinajstić information content (AvgIpc) is 3.08. The Hall–Kier alpha value is -2.15. The molecule has 5 nitrogen and oxygen atoms in total. The van der Waals surface area contributed by atoms with Gasteiger partial charge in [-0.2, -0.15) is 11.8 Å². The highest BCUT2D eigenvalue weighted by Crippen LogP contribution is 2.34. The molecule has 0 unspecified atom stereocenters. The molecule has 3 amide bonds. The van der Waals surface area contributed by atoms with E-state index in [9.17, 15) is 14.0 Å². The number of halogens is 1. The number of imide groups is 1. The highest BCUT2D eigenvalue weighted by Gasteiger charge is 2.52. The molecule has 1 atom stereocenters. The van der Waals surface area contributed by atoms with Crippen LogP contribution < -0.4 is 5.32 Å². The van der Waals surface area contributed by atoms with Crippen LogP contribution in [0.3, 0.4) is 0 Å². The third-order valence-electron chi connectivity index (χ3n) is 4.34. The van der Waals surface area contributed by atoms with Gasteiger partial charge in [-0.3, -0.25) is 14.7 Å². The molecule has 1 spiro atoms. The summed E-state index contributed by atoms with van der Waals surface area (Å²) in [5.74, 6) is 0.820. The number of carbonyl (C=O) groups excluding carboxylic acids is 2. The minimum absolute atomic E-state index is 0.0301. The Balaban J connectivity index is 1.71. The van der Waals surface area contributed by atoms with E-state index in [4.69, 9.17) is 0 Å². The number of amides is 3. The third kappa shape index (κ3) is 2.26. The molecule has 1 aromatic heterocycles. The summed E-state index contributed by atoms with van der Waals surface area (Å²) in [6, 6.07) is 5.81. The number of thioether (sulfide) groups is 1. The van der Waals surface area contributed by atoms with Crippen LogP contribution in [-0.2, 0) is 11.3 Å². The monoisotopic (exact) mass is 331 g/mol. The molecular formula is C16H14FN3O2S. The Morgan fingerprint density at radius 2 is 2.26 bits per heavy atom. The number of pyridine rings is 1. The summed E-state index contributed by atoms with van der Waals surface area (Å²) in [7, 11) is 0. The van der Waals surface area contributed by atoms with Crippen molar-refractivity contribution in [2.24, 2.45) is 0 Å². The lowest BCUT2D eigenvalue weighted by atomic mass is 9.99. The summed E-state index contributed by atoms with van der Waals surface area (Å²) in [4.78, 5) is 30.4. The smallest absolute Gasteiger partial charge is 0.322 e. The lowest BCUT2D eigenvalue weighted by molar-refractivity contribution is -0.130. The zero-order chi connectivity index (χ0) is 16.0. The molecule has 0 aliphatic carbocycles. The molecule has 0 saturated carbocycles. The van der Waals surface area contributed by atoms with Crippen LogP contribution in [0, 0.1) is 5.82 Å². The molecule has 2 aliphatic heterocycles. The Kier molecular flexibility index (Phi) is 3.26. The van der Waals surface area contributed by atoms with Crippen LogP contribution in [0.15, 0.2) is 30.5 Å². The van der Waals surface area contributed by atoms with Crippen molar-refractivity contribution >= 4 is 34.6 Å². The van der Waals surface area contributed by atoms with E-state index in [-0.39, 0.29) is 12.5 Å². The molecule has 1 N–H and O–H groups in total. The van der Waals surface area contributed by atoms with Crippen LogP contribution >= 0.6 is 11.8 Å². The lowest BCUT2D eigenvalue weighted by Gasteiger charge is -2.19. The second-order valence-electron chi connectivity index (χ2n) is 5.85. The summed E-state index contributed by atoms with van der Waals surface area (Å²) in [5, 5.41) is 3.47. The van der Waals surface area contributed by atoms with Gasteiger partial charge >= 0.3 is 6.03 Å². The van der Waals surface area contributed by atoms with Crippen LogP contribution in [0.2, 0.25) is 0 Å². The molecular weight excluding hydrogens is 317 g/mol. The van der Waals surface area contributed by atoms with Gasteiger partial charge < -0.3 is 5.32 Å². The number of fused-ring (bicyclic) bond motifs is 1. The van der Waals surface area contributed by atoms with Crippen LogP contribution in [0.1, 0.15) is 12.0 Å². The molecule has 0 radical (unpaired) electrons. The first-order chi connectivity index (χ1) is 11.1.